The summed E-state index contributed by atoms with van der Waals surface area (Å²) in [6.07, 6.45) is 5.80. The molecule has 1 amide bonds. The van der Waals surface area contributed by atoms with Gasteiger partial charge in [-0.25, -0.2) is 0 Å². The topological polar surface area (TPSA) is 38.3 Å². The maximum Gasteiger partial charge on any atom is 0.252 e. The number of benzene rings is 4. The summed E-state index contributed by atoms with van der Waals surface area (Å²) < 4.78 is 5.82. The van der Waals surface area contributed by atoms with Crippen LogP contribution >= 0.6 is 0 Å². The van der Waals surface area contributed by atoms with Crippen molar-refractivity contribution in [2.24, 2.45) is 0 Å². The number of rotatable bonds is 9. The Bertz CT molecular complexity index is 1260. The standard InChI is InChI=1S/C30H33NO2/c1-4-5-6-7-12-21(2)31-30(32)26-19-17-22-13-8-10-15-24(22)28(26)29-25-16-11-9-14-23(25)18-20-27(29)33-3/h8-11,13-21H,4-7,12H2,1-3H3,(H,31,32)/t21-/m0/s1. The molecule has 3 heteroatoms. The Morgan fingerprint density at radius 2 is 1.45 bits per heavy atom. The van der Waals surface area contributed by atoms with Crippen molar-refractivity contribution in [3.8, 4) is 16.9 Å². The number of hydrogen-bond acceptors (Lipinski definition) is 2. The molecule has 0 radical (unpaired) electrons. The fourth-order valence-electron chi connectivity index (χ4n) is 4.66. The van der Waals surface area contributed by atoms with Crippen LogP contribution in [0.1, 0.15) is 56.3 Å². The van der Waals surface area contributed by atoms with Gasteiger partial charge in [0.05, 0.1) is 7.11 Å². The van der Waals surface area contributed by atoms with Crippen LogP contribution in [0.4, 0.5) is 0 Å². The van der Waals surface area contributed by atoms with Crippen molar-refractivity contribution in [1.29, 1.82) is 0 Å². The molecule has 4 rings (SSSR count). The zero-order valence-electron chi connectivity index (χ0n) is 19.9. The first-order valence-corrected chi connectivity index (χ1v) is 12.0. The van der Waals surface area contributed by atoms with Crippen LogP contribution in [-0.2, 0) is 0 Å². The number of hydrogen-bond donors (Lipinski definition) is 1. The van der Waals surface area contributed by atoms with Gasteiger partial charge in [-0.3, -0.25) is 4.79 Å². The van der Waals surface area contributed by atoms with E-state index < -0.39 is 0 Å². The van der Waals surface area contributed by atoms with Gasteiger partial charge >= 0.3 is 0 Å². The van der Waals surface area contributed by atoms with Crippen molar-refractivity contribution in [3.63, 3.8) is 0 Å². The predicted octanol–water partition coefficient (Wildman–Crippen LogP) is 7.76. The number of carbonyl (C=O) groups is 1. The normalized spacial score (nSPS) is 12.1. The van der Waals surface area contributed by atoms with E-state index in [1.807, 2.05) is 42.5 Å². The van der Waals surface area contributed by atoms with Crippen molar-refractivity contribution in [1.82, 2.24) is 5.32 Å². The van der Waals surface area contributed by atoms with Gasteiger partial charge in [0.25, 0.3) is 5.91 Å². The van der Waals surface area contributed by atoms with Crippen LogP contribution in [0.2, 0.25) is 0 Å². The smallest absolute Gasteiger partial charge is 0.252 e. The molecular formula is C30H33NO2. The molecule has 0 saturated carbocycles. The van der Waals surface area contributed by atoms with Crippen LogP contribution in [0.5, 0.6) is 5.75 Å². The second kappa shape index (κ2) is 10.5. The molecule has 1 atom stereocenters. The molecule has 3 nitrogen and oxygen atoms in total. The van der Waals surface area contributed by atoms with Crippen LogP contribution in [0.25, 0.3) is 32.7 Å². The molecule has 0 fully saturated rings. The minimum atomic E-state index is -0.0336. The van der Waals surface area contributed by atoms with Gasteiger partial charge < -0.3 is 10.1 Å². The second-order valence-electron chi connectivity index (χ2n) is 8.80. The first-order valence-electron chi connectivity index (χ1n) is 12.0. The van der Waals surface area contributed by atoms with Crippen molar-refractivity contribution in [2.75, 3.05) is 7.11 Å². The number of carbonyl (C=O) groups excluding carboxylic acids is 1. The SMILES string of the molecule is CCCCCC[C@H](C)NC(=O)c1ccc2ccccc2c1-c1c(OC)ccc2ccccc12. The fourth-order valence-corrected chi connectivity index (χ4v) is 4.66. The van der Waals surface area contributed by atoms with Gasteiger partial charge in [-0.2, -0.15) is 0 Å². The zero-order valence-corrected chi connectivity index (χ0v) is 19.9. The number of amides is 1. The Balaban J connectivity index is 1.83. The quantitative estimate of drug-likeness (QED) is 0.271. The van der Waals surface area contributed by atoms with Gasteiger partial charge in [-0.1, -0.05) is 93.3 Å². The summed E-state index contributed by atoms with van der Waals surface area (Å²) in [5.74, 6) is 0.737. The lowest BCUT2D eigenvalue weighted by molar-refractivity contribution is 0.0938. The molecule has 0 aliphatic rings. The Hall–Kier alpha value is -3.33. The molecule has 4 aromatic carbocycles. The van der Waals surface area contributed by atoms with E-state index >= 15 is 0 Å². The summed E-state index contributed by atoms with van der Waals surface area (Å²) in [5.41, 5.74) is 2.58. The maximum atomic E-state index is 13.6. The molecular weight excluding hydrogens is 406 g/mol. The third kappa shape index (κ3) is 4.88. The molecule has 0 unspecified atom stereocenters. The average Bonchev–Trinajstić information content (AvgIpc) is 2.85. The number of ether oxygens (including phenoxy) is 1. The average molecular weight is 440 g/mol. The van der Waals surface area contributed by atoms with Crippen molar-refractivity contribution in [2.45, 2.75) is 52.0 Å². The number of methoxy groups -OCH3 is 1. The monoisotopic (exact) mass is 439 g/mol. The van der Waals surface area contributed by atoms with Crippen molar-refractivity contribution in [3.05, 3.63) is 78.4 Å². The van der Waals surface area contributed by atoms with Gasteiger partial charge in [0.15, 0.2) is 0 Å². The maximum absolute atomic E-state index is 13.6. The van der Waals surface area contributed by atoms with Crippen molar-refractivity contribution >= 4 is 27.5 Å². The van der Waals surface area contributed by atoms with Crippen LogP contribution in [0.3, 0.4) is 0 Å². The van der Waals surface area contributed by atoms with E-state index in [9.17, 15) is 4.79 Å². The molecule has 0 aromatic heterocycles. The molecule has 33 heavy (non-hydrogen) atoms. The summed E-state index contributed by atoms with van der Waals surface area (Å²) in [7, 11) is 1.69. The van der Waals surface area contributed by atoms with Gasteiger partial charge in [0, 0.05) is 22.7 Å². The molecule has 0 aliphatic heterocycles. The Morgan fingerprint density at radius 1 is 0.818 bits per heavy atom. The van der Waals surface area contributed by atoms with E-state index in [2.05, 4.69) is 49.5 Å². The first kappa shape index (κ1) is 22.8. The minimum Gasteiger partial charge on any atom is -0.496 e. The molecule has 0 bridgehead atoms. The van der Waals surface area contributed by atoms with Gasteiger partial charge in [0.2, 0.25) is 0 Å². The van der Waals surface area contributed by atoms with Gasteiger partial charge in [0.1, 0.15) is 5.75 Å². The zero-order chi connectivity index (χ0) is 23.2. The van der Waals surface area contributed by atoms with Crippen LogP contribution in [0, 0.1) is 0 Å². The summed E-state index contributed by atoms with van der Waals surface area (Å²) in [6.45, 7) is 4.32. The third-order valence-corrected chi connectivity index (χ3v) is 6.40. The highest BCUT2D eigenvalue weighted by molar-refractivity contribution is 6.15. The largest absolute Gasteiger partial charge is 0.496 e. The molecule has 4 aromatic rings. The lowest BCUT2D eigenvalue weighted by Crippen LogP contribution is -2.32. The number of unbranched alkanes of at least 4 members (excludes halogenated alkanes) is 3. The minimum absolute atomic E-state index is 0.0336. The molecule has 0 saturated heterocycles. The molecule has 170 valence electrons. The molecule has 0 heterocycles. The van der Waals surface area contributed by atoms with E-state index in [1.165, 1.54) is 19.3 Å². The fraction of sp³-hybridized carbons (Fsp3) is 0.300. The van der Waals surface area contributed by atoms with Crippen molar-refractivity contribution < 1.29 is 9.53 Å². The van der Waals surface area contributed by atoms with E-state index in [-0.39, 0.29) is 11.9 Å². The third-order valence-electron chi connectivity index (χ3n) is 6.40. The van der Waals surface area contributed by atoms with Gasteiger partial charge in [-0.15, -0.1) is 0 Å². The highest BCUT2D eigenvalue weighted by Gasteiger charge is 2.21. The highest BCUT2D eigenvalue weighted by Crippen LogP contribution is 2.42. The predicted molar refractivity (Wildman–Crippen MR) is 139 cm³/mol. The number of fused-ring (bicyclic) bond motifs is 2. The van der Waals surface area contributed by atoms with Crippen LogP contribution < -0.4 is 10.1 Å². The van der Waals surface area contributed by atoms with Gasteiger partial charge in [-0.05, 0) is 47.0 Å². The summed E-state index contributed by atoms with van der Waals surface area (Å²) in [5, 5.41) is 7.61. The Morgan fingerprint density at radius 3 is 2.12 bits per heavy atom. The van der Waals surface area contributed by atoms with Crippen LogP contribution in [0.15, 0.2) is 72.8 Å². The lowest BCUT2D eigenvalue weighted by Gasteiger charge is -2.20. The van der Waals surface area contributed by atoms with E-state index in [0.29, 0.717) is 5.56 Å². The highest BCUT2D eigenvalue weighted by atomic mass is 16.5. The summed E-state index contributed by atoms with van der Waals surface area (Å²) in [4.78, 5) is 13.6. The van der Waals surface area contributed by atoms with E-state index in [1.54, 1.807) is 7.11 Å². The Kier molecular flexibility index (Phi) is 7.29. The summed E-state index contributed by atoms with van der Waals surface area (Å²) in [6, 6.07) is 24.7. The van der Waals surface area contributed by atoms with Crippen LogP contribution in [-0.4, -0.2) is 19.1 Å². The molecule has 1 N–H and O–H groups in total. The lowest BCUT2D eigenvalue weighted by atomic mass is 9.89. The Labute approximate surface area is 196 Å². The second-order valence-corrected chi connectivity index (χ2v) is 8.80. The van der Waals surface area contributed by atoms with E-state index in [0.717, 1.165) is 51.3 Å². The molecule has 0 spiro atoms. The first-order chi connectivity index (χ1) is 16.1. The number of nitrogens with one attached hydrogen (secondary N) is 1. The summed E-state index contributed by atoms with van der Waals surface area (Å²) >= 11 is 0. The van der Waals surface area contributed by atoms with E-state index in [4.69, 9.17) is 4.74 Å². The molecule has 0 aliphatic carbocycles.